The third-order valence-corrected chi connectivity index (χ3v) is 5.40. The number of carbonyl (C=O) groups excluding carboxylic acids is 1. The van der Waals surface area contributed by atoms with Gasteiger partial charge in [0.05, 0.1) is 12.2 Å². The first-order valence-electron chi connectivity index (χ1n) is 8.95. The Kier molecular flexibility index (Phi) is 10.9. The Morgan fingerprint density at radius 2 is 2.17 bits per heavy atom. The van der Waals surface area contributed by atoms with E-state index in [9.17, 15) is 9.90 Å². The van der Waals surface area contributed by atoms with Gasteiger partial charge in [0.2, 0.25) is 5.91 Å². The molecule has 0 aliphatic carbocycles. The molecule has 0 spiro atoms. The number of rotatable bonds is 13. The van der Waals surface area contributed by atoms with Crippen LogP contribution in [0.1, 0.15) is 52.4 Å². The van der Waals surface area contributed by atoms with Gasteiger partial charge in [0.15, 0.2) is 0 Å². The van der Waals surface area contributed by atoms with E-state index in [-0.39, 0.29) is 18.1 Å². The molecule has 3 N–H and O–H groups in total. The summed E-state index contributed by atoms with van der Waals surface area (Å²) in [5.74, 6) is 2.30. The van der Waals surface area contributed by atoms with Gasteiger partial charge in [0.1, 0.15) is 0 Å². The molecular weight excluding hydrogens is 312 g/mol. The molecule has 1 rings (SSSR count). The molecule has 0 aromatic rings. The molecule has 2 unspecified atom stereocenters. The summed E-state index contributed by atoms with van der Waals surface area (Å²) in [5, 5.41) is 10.3. The second kappa shape index (κ2) is 12.1. The van der Waals surface area contributed by atoms with E-state index in [0.29, 0.717) is 19.3 Å². The number of nitrogens with zero attached hydrogens (tertiary/aromatic N) is 1. The third kappa shape index (κ3) is 8.38. The first kappa shape index (κ1) is 20.7. The van der Waals surface area contributed by atoms with Crippen molar-refractivity contribution < 1.29 is 14.6 Å². The number of thioether (sulfide) groups is 1. The normalized spacial score (nSPS) is 19.1. The minimum absolute atomic E-state index is 0.103. The van der Waals surface area contributed by atoms with Gasteiger partial charge < -0.3 is 20.5 Å². The van der Waals surface area contributed by atoms with Gasteiger partial charge >= 0.3 is 0 Å². The zero-order valence-corrected chi connectivity index (χ0v) is 15.5. The van der Waals surface area contributed by atoms with E-state index in [1.165, 1.54) is 0 Å². The lowest BCUT2D eigenvalue weighted by atomic mass is 10.0. The summed E-state index contributed by atoms with van der Waals surface area (Å²) in [7, 11) is 0. The average molecular weight is 347 g/mol. The fourth-order valence-electron chi connectivity index (χ4n) is 3.00. The fraction of sp³-hybridized carbons (Fsp3) is 0.941. The lowest BCUT2D eigenvalue weighted by molar-refractivity contribution is -0.129. The number of carbonyl (C=O) groups is 1. The zero-order chi connectivity index (χ0) is 17.1. The molecule has 0 aromatic carbocycles. The quantitative estimate of drug-likeness (QED) is 0.499. The Balaban J connectivity index is 2.19. The number of ether oxygens (including phenoxy) is 1. The molecule has 0 aromatic heterocycles. The number of aliphatic hydroxyl groups excluding tert-OH is 1. The average Bonchev–Trinajstić information content (AvgIpc) is 2.95. The van der Waals surface area contributed by atoms with Gasteiger partial charge in [-0.15, -0.1) is 0 Å². The topological polar surface area (TPSA) is 75.8 Å². The van der Waals surface area contributed by atoms with Gasteiger partial charge in [-0.05, 0) is 44.8 Å². The maximum Gasteiger partial charge on any atom is 0.222 e. The Hall–Kier alpha value is -0.300. The molecule has 1 aliphatic heterocycles. The van der Waals surface area contributed by atoms with Gasteiger partial charge in [0, 0.05) is 37.9 Å². The van der Waals surface area contributed by atoms with Crippen LogP contribution in [0.5, 0.6) is 0 Å². The Labute approximate surface area is 145 Å². The van der Waals surface area contributed by atoms with E-state index in [1.54, 1.807) is 0 Å². The molecule has 0 saturated carbocycles. The van der Waals surface area contributed by atoms with Crippen LogP contribution in [-0.4, -0.2) is 65.4 Å². The first-order chi connectivity index (χ1) is 11.1. The largest absolute Gasteiger partial charge is 0.393 e. The molecule has 0 radical (unpaired) electrons. The van der Waals surface area contributed by atoms with Crippen molar-refractivity contribution in [2.45, 2.75) is 70.6 Å². The van der Waals surface area contributed by atoms with Crippen LogP contribution in [0.2, 0.25) is 0 Å². The Morgan fingerprint density at radius 3 is 2.78 bits per heavy atom. The van der Waals surface area contributed by atoms with Crippen molar-refractivity contribution in [3.63, 3.8) is 0 Å². The van der Waals surface area contributed by atoms with E-state index in [1.807, 2.05) is 23.6 Å². The summed E-state index contributed by atoms with van der Waals surface area (Å²) in [5.41, 5.74) is 5.46. The molecule has 6 heteroatoms. The number of hydrogen-bond acceptors (Lipinski definition) is 5. The second-order valence-electron chi connectivity index (χ2n) is 6.32. The van der Waals surface area contributed by atoms with Crippen LogP contribution in [0, 0.1) is 0 Å². The Bertz CT molecular complexity index is 331. The predicted molar refractivity (Wildman–Crippen MR) is 96.7 cm³/mol. The van der Waals surface area contributed by atoms with Gasteiger partial charge in [-0.1, -0.05) is 6.92 Å². The molecule has 1 amide bonds. The number of hydrogen-bond donors (Lipinski definition) is 2. The van der Waals surface area contributed by atoms with Crippen molar-refractivity contribution in [3.8, 4) is 0 Å². The SMILES string of the molecule is CCC(CC(O)C[C@H](C)N1CCCC1=O)OCCCSCCN. The van der Waals surface area contributed by atoms with Crippen LogP contribution in [0.25, 0.3) is 0 Å². The summed E-state index contributed by atoms with van der Waals surface area (Å²) >= 11 is 1.86. The molecule has 3 atom stereocenters. The van der Waals surface area contributed by atoms with E-state index >= 15 is 0 Å². The van der Waals surface area contributed by atoms with Gasteiger partial charge in [0.25, 0.3) is 0 Å². The van der Waals surface area contributed by atoms with Crippen molar-refractivity contribution in [2.24, 2.45) is 5.73 Å². The van der Waals surface area contributed by atoms with Crippen molar-refractivity contribution in [2.75, 3.05) is 31.2 Å². The van der Waals surface area contributed by atoms with Crippen LogP contribution in [0.3, 0.4) is 0 Å². The molecular formula is C17H34N2O3S. The smallest absolute Gasteiger partial charge is 0.222 e. The summed E-state index contributed by atoms with van der Waals surface area (Å²) in [6.07, 6.45) is 4.52. The maximum absolute atomic E-state index is 11.7. The molecule has 1 fully saturated rings. The highest BCUT2D eigenvalue weighted by Crippen LogP contribution is 2.19. The van der Waals surface area contributed by atoms with Crippen LogP contribution in [-0.2, 0) is 9.53 Å². The zero-order valence-electron chi connectivity index (χ0n) is 14.7. The van der Waals surface area contributed by atoms with Crippen LogP contribution < -0.4 is 5.73 Å². The monoisotopic (exact) mass is 346 g/mol. The van der Waals surface area contributed by atoms with Crippen LogP contribution in [0.15, 0.2) is 0 Å². The fourth-order valence-corrected chi connectivity index (χ4v) is 3.70. The molecule has 1 aliphatic rings. The van der Waals surface area contributed by atoms with Gasteiger partial charge in [-0.3, -0.25) is 4.79 Å². The highest BCUT2D eigenvalue weighted by Gasteiger charge is 2.27. The van der Waals surface area contributed by atoms with Crippen molar-refractivity contribution in [1.29, 1.82) is 0 Å². The van der Waals surface area contributed by atoms with Crippen LogP contribution >= 0.6 is 11.8 Å². The number of amides is 1. The van der Waals surface area contributed by atoms with E-state index in [2.05, 4.69) is 6.92 Å². The minimum atomic E-state index is -0.407. The Morgan fingerprint density at radius 1 is 1.39 bits per heavy atom. The molecule has 1 heterocycles. The number of nitrogens with two attached hydrogens (primary N) is 1. The van der Waals surface area contributed by atoms with E-state index < -0.39 is 6.10 Å². The third-order valence-electron chi connectivity index (χ3n) is 4.29. The summed E-state index contributed by atoms with van der Waals surface area (Å²) in [6.45, 7) is 6.42. The van der Waals surface area contributed by atoms with E-state index in [0.717, 1.165) is 50.5 Å². The minimum Gasteiger partial charge on any atom is -0.393 e. The molecule has 136 valence electrons. The van der Waals surface area contributed by atoms with Crippen molar-refractivity contribution in [1.82, 2.24) is 4.90 Å². The lowest BCUT2D eigenvalue weighted by Crippen LogP contribution is -2.37. The summed E-state index contributed by atoms with van der Waals surface area (Å²) in [6, 6.07) is 0.116. The molecule has 5 nitrogen and oxygen atoms in total. The summed E-state index contributed by atoms with van der Waals surface area (Å²) < 4.78 is 5.89. The molecule has 0 bridgehead atoms. The van der Waals surface area contributed by atoms with Crippen molar-refractivity contribution >= 4 is 17.7 Å². The van der Waals surface area contributed by atoms with Gasteiger partial charge in [-0.25, -0.2) is 0 Å². The van der Waals surface area contributed by atoms with Crippen molar-refractivity contribution in [3.05, 3.63) is 0 Å². The standard InChI is InChI=1S/C17H34N2O3S/c1-3-16(22-9-5-10-23-11-7-18)13-15(20)12-14(2)19-8-4-6-17(19)21/h14-16,20H,3-13,18H2,1-2H3/t14-,15?,16?/m0/s1. The van der Waals surface area contributed by atoms with Crippen LogP contribution in [0.4, 0.5) is 0 Å². The lowest BCUT2D eigenvalue weighted by Gasteiger charge is -2.27. The maximum atomic E-state index is 11.7. The number of aliphatic hydroxyl groups is 1. The van der Waals surface area contributed by atoms with E-state index in [4.69, 9.17) is 10.5 Å². The highest BCUT2D eigenvalue weighted by molar-refractivity contribution is 7.99. The predicted octanol–water partition coefficient (Wildman–Crippen LogP) is 2.02. The first-order valence-corrected chi connectivity index (χ1v) is 10.1. The highest BCUT2D eigenvalue weighted by atomic mass is 32.2. The number of likely N-dealkylation sites (tertiary alicyclic amines) is 1. The summed E-state index contributed by atoms with van der Waals surface area (Å²) in [4.78, 5) is 13.6. The molecule has 1 saturated heterocycles. The van der Waals surface area contributed by atoms with Gasteiger partial charge in [-0.2, -0.15) is 11.8 Å². The molecule has 23 heavy (non-hydrogen) atoms. The second-order valence-corrected chi connectivity index (χ2v) is 7.55.